The van der Waals surface area contributed by atoms with Gasteiger partial charge >= 0.3 is 0 Å². The second kappa shape index (κ2) is 7.28. The third-order valence-electron chi connectivity index (χ3n) is 2.08. The first-order chi connectivity index (χ1) is 8.38. The van der Waals surface area contributed by atoms with E-state index < -0.39 is 0 Å². The lowest BCUT2D eigenvalue weighted by Gasteiger charge is -2.07. The Morgan fingerprint density at radius 3 is 2.29 bits per heavy atom. The van der Waals surface area contributed by atoms with Crippen LogP contribution in [0.3, 0.4) is 0 Å². The number of pyridine rings is 1. The topological polar surface area (TPSA) is 37.0 Å². The average Bonchev–Trinajstić information content (AvgIpc) is 2.42. The largest absolute Gasteiger partial charge is 0.373 e. The highest BCUT2D eigenvalue weighted by molar-refractivity contribution is 5.62. The number of anilines is 3. The van der Waals surface area contributed by atoms with Crippen molar-refractivity contribution >= 4 is 17.2 Å². The highest BCUT2D eigenvalue weighted by Crippen LogP contribution is 2.17. The van der Waals surface area contributed by atoms with Crippen LogP contribution in [-0.4, -0.2) is 12.0 Å². The molecule has 90 valence electrons. The summed E-state index contributed by atoms with van der Waals surface area (Å²) in [5.41, 5.74) is 2.10. The summed E-state index contributed by atoms with van der Waals surface area (Å²) in [7, 11) is 1.86. The van der Waals surface area contributed by atoms with Gasteiger partial charge in [0.1, 0.15) is 5.82 Å². The van der Waals surface area contributed by atoms with Gasteiger partial charge in [0.15, 0.2) is 0 Å². The Morgan fingerprint density at radius 1 is 0.941 bits per heavy atom. The van der Waals surface area contributed by atoms with Crippen LogP contribution < -0.4 is 10.6 Å². The summed E-state index contributed by atoms with van der Waals surface area (Å²) >= 11 is 0. The number of para-hydroxylation sites is 1. The van der Waals surface area contributed by atoms with E-state index in [0.29, 0.717) is 0 Å². The predicted molar refractivity (Wildman–Crippen MR) is 74.9 cm³/mol. The molecular formula is C14H19N3. The molecule has 2 rings (SSSR count). The van der Waals surface area contributed by atoms with E-state index in [0.717, 1.165) is 17.2 Å². The molecule has 0 radical (unpaired) electrons. The predicted octanol–water partition coefficient (Wildman–Crippen LogP) is 3.89. The van der Waals surface area contributed by atoms with Crippen molar-refractivity contribution < 1.29 is 0 Å². The number of hydrogen-bond acceptors (Lipinski definition) is 3. The van der Waals surface area contributed by atoms with Crippen LogP contribution in [0, 0.1) is 0 Å². The van der Waals surface area contributed by atoms with Crippen LogP contribution in [0.5, 0.6) is 0 Å². The monoisotopic (exact) mass is 229 g/mol. The first-order valence-corrected chi connectivity index (χ1v) is 5.84. The number of benzene rings is 1. The minimum atomic E-state index is 0.857. The van der Waals surface area contributed by atoms with Crippen LogP contribution in [0.4, 0.5) is 17.2 Å². The zero-order chi connectivity index (χ0) is 12.5. The van der Waals surface area contributed by atoms with E-state index in [9.17, 15) is 0 Å². The second-order valence-electron chi connectivity index (χ2n) is 3.17. The van der Waals surface area contributed by atoms with Crippen LogP contribution in [0.15, 0.2) is 48.7 Å². The molecule has 0 fully saturated rings. The Balaban J connectivity index is 0.000000686. The lowest BCUT2D eigenvalue weighted by atomic mass is 10.3. The molecule has 2 N–H and O–H groups in total. The van der Waals surface area contributed by atoms with E-state index in [1.54, 1.807) is 6.20 Å². The quantitative estimate of drug-likeness (QED) is 0.838. The molecule has 0 aliphatic heterocycles. The molecule has 1 aromatic heterocycles. The van der Waals surface area contributed by atoms with Gasteiger partial charge in [-0.1, -0.05) is 32.0 Å². The fraction of sp³-hybridized carbons (Fsp3) is 0.214. The molecular weight excluding hydrogens is 210 g/mol. The van der Waals surface area contributed by atoms with Crippen molar-refractivity contribution in [1.82, 2.24) is 4.98 Å². The summed E-state index contributed by atoms with van der Waals surface area (Å²) in [6, 6.07) is 14.0. The fourth-order valence-corrected chi connectivity index (χ4v) is 1.33. The summed E-state index contributed by atoms with van der Waals surface area (Å²) < 4.78 is 0. The maximum absolute atomic E-state index is 4.15. The molecule has 0 amide bonds. The molecule has 2 aromatic rings. The second-order valence-corrected chi connectivity index (χ2v) is 3.17. The lowest BCUT2D eigenvalue weighted by molar-refractivity contribution is 1.28. The molecule has 0 atom stereocenters. The third kappa shape index (κ3) is 4.15. The fourth-order valence-electron chi connectivity index (χ4n) is 1.33. The van der Waals surface area contributed by atoms with Crippen LogP contribution in [0.1, 0.15) is 13.8 Å². The highest BCUT2D eigenvalue weighted by Gasteiger charge is 1.95. The van der Waals surface area contributed by atoms with Crippen LogP contribution in [-0.2, 0) is 0 Å². The number of nitrogens with one attached hydrogen (secondary N) is 2. The van der Waals surface area contributed by atoms with Crippen LogP contribution in [0.25, 0.3) is 0 Å². The minimum absolute atomic E-state index is 0.857. The third-order valence-corrected chi connectivity index (χ3v) is 2.08. The van der Waals surface area contributed by atoms with Crippen molar-refractivity contribution in [3.8, 4) is 0 Å². The van der Waals surface area contributed by atoms with Gasteiger partial charge in [0, 0.05) is 30.7 Å². The van der Waals surface area contributed by atoms with Gasteiger partial charge in [-0.3, -0.25) is 0 Å². The van der Waals surface area contributed by atoms with Crippen molar-refractivity contribution in [2.45, 2.75) is 13.8 Å². The van der Waals surface area contributed by atoms with E-state index in [-0.39, 0.29) is 0 Å². The molecule has 1 heterocycles. The number of aromatic nitrogens is 1. The van der Waals surface area contributed by atoms with Gasteiger partial charge in [0.25, 0.3) is 0 Å². The molecule has 3 nitrogen and oxygen atoms in total. The summed E-state index contributed by atoms with van der Waals surface area (Å²) in [6.45, 7) is 4.00. The normalized spacial score (nSPS) is 8.88. The zero-order valence-corrected chi connectivity index (χ0v) is 10.6. The SMILES string of the molecule is CC.CNc1cc(Nc2ccccc2)ccn1. The molecule has 0 saturated heterocycles. The average molecular weight is 229 g/mol. The van der Waals surface area contributed by atoms with Gasteiger partial charge in [-0.25, -0.2) is 4.98 Å². The van der Waals surface area contributed by atoms with Crippen molar-refractivity contribution in [3.63, 3.8) is 0 Å². The molecule has 0 aliphatic rings. The Morgan fingerprint density at radius 2 is 1.65 bits per heavy atom. The number of hydrogen-bond donors (Lipinski definition) is 2. The Bertz CT molecular complexity index is 426. The molecule has 0 aliphatic carbocycles. The van der Waals surface area contributed by atoms with E-state index in [1.165, 1.54) is 0 Å². The molecule has 0 bridgehead atoms. The summed E-state index contributed by atoms with van der Waals surface area (Å²) in [5, 5.41) is 6.30. The molecule has 1 aromatic carbocycles. The molecule has 0 spiro atoms. The standard InChI is InChI=1S/C12H13N3.C2H6/c1-13-12-9-11(7-8-14-12)15-10-5-3-2-4-6-10;1-2/h2-9H,1H3,(H2,13,14,15);1-2H3. The Kier molecular flexibility index (Phi) is 5.58. The van der Waals surface area contributed by atoms with Gasteiger partial charge in [-0.15, -0.1) is 0 Å². The van der Waals surface area contributed by atoms with Gasteiger partial charge < -0.3 is 10.6 Å². The maximum Gasteiger partial charge on any atom is 0.127 e. The summed E-state index contributed by atoms with van der Waals surface area (Å²) in [4.78, 5) is 4.15. The van der Waals surface area contributed by atoms with Crippen molar-refractivity contribution in [1.29, 1.82) is 0 Å². The van der Waals surface area contributed by atoms with E-state index in [4.69, 9.17) is 0 Å². The summed E-state index contributed by atoms with van der Waals surface area (Å²) in [6.07, 6.45) is 1.77. The van der Waals surface area contributed by atoms with Crippen LogP contribution >= 0.6 is 0 Å². The van der Waals surface area contributed by atoms with Crippen molar-refractivity contribution in [3.05, 3.63) is 48.7 Å². The molecule has 17 heavy (non-hydrogen) atoms. The lowest BCUT2D eigenvalue weighted by Crippen LogP contribution is -1.94. The maximum atomic E-state index is 4.15. The van der Waals surface area contributed by atoms with Crippen molar-refractivity contribution in [2.75, 3.05) is 17.7 Å². The Labute approximate surface area is 103 Å². The highest BCUT2D eigenvalue weighted by atomic mass is 15.0. The minimum Gasteiger partial charge on any atom is -0.373 e. The Hall–Kier alpha value is -2.03. The van der Waals surface area contributed by atoms with Crippen LogP contribution in [0.2, 0.25) is 0 Å². The van der Waals surface area contributed by atoms with Crippen molar-refractivity contribution in [2.24, 2.45) is 0 Å². The zero-order valence-electron chi connectivity index (χ0n) is 10.6. The van der Waals surface area contributed by atoms with Gasteiger partial charge in [-0.05, 0) is 18.2 Å². The molecule has 0 saturated carbocycles. The van der Waals surface area contributed by atoms with Gasteiger partial charge in [0.2, 0.25) is 0 Å². The number of nitrogens with zero attached hydrogens (tertiary/aromatic N) is 1. The van der Waals surface area contributed by atoms with E-state index in [1.807, 2.05) is 63.4 Å². The molecule has 0 unspecified atom stereocenters. The summed E-state index contributed by atoms with van der Waals surface area (Å²) in [5.74, 6) is 0.857. The first kappa shape index (κ1) is 13.0. The van der Waals surface area contributed by atoms with Gasteiger partial charge in [-0.2, -0.15) is 0 Å². The number of rotatable bonds is 3. The first-order valence-electron chi connectivity index (χ1n) is 5.84. The molecule has 3 heteroatoms. The van der Waals surface area contributed by atoms with E-state index in [2.05, 4.69) is 15.6 Å². The van der Waals surface area contributed by atoms with Gasteiger partial charge in [0.05, 0.1) is 0 Å². The van der Waals surface area contributed by atoms with E-state index >= 15 is 0 Å². The smallest absolute Gasteiger partial charge is 0.127 e.